The topological polar surface area (TPSA) is 66.5 Å². The third kappa shape index (κ3) is 1.58. The second kappa shape index (κ2) is 4.19. The van der Waals surface area contributed by atoms with Crippen LogP contribution in [0.5, 0.6) is 0 Å². The monoisotopic (exact) mass is 260 g/mol. The van der Waals surface area contributed by atoms with Gasteiger partial charge in [-0.25, -0.2) is 0 Å². The van der Waals surface area contributed by atoms with Gasteiger partial charge in [0.15, 0.2) is 0 Å². The largest absolute Gasteiger partial charge is 0.355 e. The number of nitrogens with zero attached hydrogens (tertiary/aromatic N) is 1. The molecule has 19 heavy (non-hydrogen) atoms. The molecule has 1 aromatic rings. The standard InChI is InChI=1S/C14H16N2O3/c1-6-7(2)10-11(14(19)16(5)13(10)18)8(3)9(6)12(17)15-4/h1-5H3,(H,15,17). The van der Waals surface area contributed by atoms with Crippen LogP contribution in [-0.2, 0) is 0 Å². The van der Waals surface area contributed by atoms with E-state index in [1.54, 1.807) is 27.8 Å². The van der Waals surface area contributed by atoms with E-state index in [4.69, 9.17) is 0 Å². The zero-order valence-corrected chi connectivity index (χ0v) is 11.7. The first-order valence-electron chi connectivity index (χ1n) is 6.01. The predicted molar refractivity (Wildman–Crippen MR) is 70.5 cm³/mol. The number of hydrogen-bond acceptors (Lipinski definition) is 3. The number of carbonyl (C=O) groups is 3. The minimum atomic E-state index is -0.342. The van der Waals surface area contributed by atoms with Crippen LogP contribution in [0, 0.1) is 20.8 Å². The second-order valence-corrected chi connectivity index (χ2v) is 4.75. The van der Waals surface area contributed by atoms with Crippen molar-refractivity contribution >= 4 is 17.7 Å². The normalized spacial score (nSPS) is 13.8. The van der Waals surface area contributed by atoms with Gasteiger partial charge >= 0.3 is 0 Å². The molecule has 0 aliphatic carbocycles. The third-order valence-corrected chi connectivity index (χ3v) is 3.80. The predicted octanol–water partition coefficient (Wildman–Crippen LogP) is 1.20. The maximum atomic E-state index is 12.1. The van der Waals surface area contributed by atoms with Gasteiger partial charge in [0.1, 0.15) is 0 Å². The Kier molecular flexibility index (Phi) is 2.92. The van der Waals surface area contributed by atoms with E-state index in [2.05, 4.69) is 5.32 Å². The van der Waals surface area contributed by atoms with Gasteiger partial charge in [0.25, 0.3) is 17.7 Å². The molecule has 1 N–H and O–H groups in total. The van der Waals surface area contributed by atoms with Crippen LogP contribution in [0.1, 0.15) is 47.8 Å². The molecule has 1 aliphatic heterocycles. The van der Waals surface area contributed by atoms with Crippen LogP contribution >= 0.6 is 0 Å². The van der Waals surface area contributed by atoms with Gasteiger partial charge in [0.2, 0.25) is 0 Å². The molecule has 5 heteroatoms. The molecule has 1 aliphatic rings. The summed E-state index contributed by atoms with van der Waals surface area (Å²) in [5.74, 6) is -0.881. The molecule has 100 valence electrons. The van der Waals surface area contributed by atoms with E-state index < -0.39 is 0 Å². The zero-order valence-electron chi connectivity index (χ0n) is 11.7. The summed E-state index contributed by atoms with van der Waals surface area (Å²) >= 11 is 0. The number of benzene rings is 1. The van der Waals surface area contributed by atoms with Crippen LogP contribution in [0.3, 0.4) is 0 Å². The minimum absolute atomic E-state index is 0.240. The Hall–Kier alpha value is -2.17. The smallest absolute Gasteiger partial charge is 0.261 e. The Bertz CT molecular complexity index is 632. The van der Waals surface area contributed by atoms with Crippen molar-refractivity contribution in [1.29, 1.82) is 0 Å². The SMILES string of the molecule is CNC(=O)c1c(C)c(C)c2c(c1C)C(=O)N(C)C2=O. The van der Waals surface area contributed by atoms with Crippen molar-refractivity contribution in [3.63, 3.8) is 0 Å². The van der Waals surface area contributed by atoms with Gasteiger partial charge in [-0.3, -0.25) is 19.3 Å². The van der Waals surface area contributed by atoms with E-state index >= 15 is 0 Å². The number of hydrogen-bond donors (Lipinski definition) is 1. The van der Waals surface area contributed by atoms with E-state index in [1.165, 1.54) is 7.05 Å². The van der Waals surface area contributed by atoms with E-state index in [1.807, 2.05) is 0 Å². The van der Waals surface area contributed by atoms with Crippen LogP contribution < -0.4 is 5.32 Å². The van der Waals surface area contributed by atoms with Gasteiger partial charge in [-0.15, -0.1) is 0 Å². The van der Waals surface area contributed by atoms with Crippen molar-refractivity contribution in [1.82, 2.24) is 10.2 Å². The lowest BCUT2D eigenvalue weighted by Crippen LogP contribution is -2.24. The maximum absolute atomic E-state index is 12.1. The summed E-state index contributed by atoms with van der Waals surface area (Å²) in [5, 5.41) is 2.57. The van der Waals surface area contributed by atoms with Crippen molar-refractivity contribution in [2.45, 2.75) is 20.8 Å². The number of amides is 3. The molecule has 5 nitrogen and oxygen atoms in total. The summed E-state index contributed by atoms with van der Waals surface area (Å²) in [5.41, 5.74) is 3.27. The summed E-state index contributed by atoms with van der Waals surface area (Å²) in [6.07, 6.45) is 0. The summed E-state index contributed by atoms with van der Waals surface area (Å²) in [4.78, 5) is 37.3. The fraction of sp³-hybridized carbons (Fsp3) is 0.357. The van der Waals surface area contributed by atoms with Crippen LogP contribution in [-0.4, -0.2) is 36.7 Å². The number of carbonyl (C=O) groups excluding carboxylic acids is 3. The van der Waals surface area contributed by atoms with Crippen LogP contribution in [0.15, 0.2) is 0 Å². The highest BCUT2D eigenvalue weighted by Gasteiger charge is 2.38. The van der Waals surface area contributed by atoms with Crippen LogP contribution in [0.2, 0.25) is 0 Å². The Morgan fingerprint density at radius 1 is 0.947 bits per heavy atom. The summed E-state index contributed by atoms with van der Waals surface area (Å²) in [6, 6.07) is 0. The first-order valence-corrected chi connectivity index (χ1v) is 6.01. The highest BCUT2D eigenvalue weighted by Crippen LogP contribution is 2.33. The molecule has 0 fully saturated rings. The molecular weight excluding hydrogens is 244 g/mol. The van der Waals surface area contributed by atoms with Gasteiger partial charge in [0.05, 0.1) is 11.1 Å². The van der Waals surface area contributed by atoms with Crippen molar-refractivity contribution in [2.24, 2.45) is 0 Å². The highest BCUT2D eigenvalue weighted by atomic mass is 16.2. The van der Waals surface area contributed by atoms with E-state index in [0.717, 1.165) is 10.5 Å². The van der Waals surface area contributed by atoms with Crippen LogP contribution in [0.4, 0.5) is 0 Å². The zero-order chi connectivity index (χ0) is 14.5. The minimum Gasteiger partial charge on any atom is -0.355 e. The van der Waals surface area contributed by atoms with E-state index in [-0.39, 0.29) is 17.7 Å². The second-order valence-electron chi connectivity index (χ2n) is 4.75. The molecule has 1 aromatic carbocycles. The highest BCUT2D eigenvalue weighted by molar-refractivity contribution is 6.23. The molecule has 0 radical (unpaired) electrons. The molecule has 0 spiro atoms. The molecule has 0 unspecified atom stereocenters. The van der Waals surface area contributed by atoms with Crippen molar-refractivity contribution in [2.75, 3.05) is 14.1 Å². The van der Waals surface area contributed by atoms with Crippen molar-refractivity contribution in [3.8, 4) is 0 Å². The molecule has 3 amide bonds. The van der Waals surface area contributed by atoms with E-state index in [9.17, 15) is 14.4 Å². The summed E-state index contributed by atoms with van der Waals surface area (Å²) in [7, 11) is 3.00. The van der Waals surface area contributed by atoms with Gasteiger partial charge in [-0.05, 0) is 37.5 Å². The molecule has 0 bridgehead atoms. The summed E-state index contributed by atoms with van der Waals surface area (Å²) < 4.78 is 0. The lowest BCUT2D eigenvalue weighted by molar-refractivity contribution is 0.0692. The van der Waals surface area contributed by atoms with Gasteiger partial charge in [-0.1, -0.05) is 0 Å². The molecule has 0 saturated carbocycles. The molecule has 2 rings (SSSR count). The van der Waals surface area contributed by atoms with Crippen LogP contribution in [0.25, 0.3) is 0 Å². The van der Waals surface area contributed by atoms with Gasteiger partial charge in [-0.2, -0.15) is 0 Å². The number of nitrogens with one attached hydrogen (secondary N) is 1. The fourth-order valence-corrected chi connectivity index (χ4v) is 2.58. The molecule has 0 aromatic heterocycles. The lowest BCUT2D eigenvalue weighted by atomic mass is 9.89. The fourth-order valence-electron chi connectivity index (χ4n) is 2.58. The number of rotatable bonds is 1. The lowest BCUT2D eigenvalue weighted by Gasteiger charge is -2.14. The first kappa shape index (κ1) is 13.3. The number of imide groups is 1. The first-order chi connectivity index (χ1) is 8.82. The Morgan fingerprint density at radius 3 is 1.89 bits per heavy atom. The number of fused-ring (bicyclic) bond motifs is 1. The Morgan fingerprint density at radius 2 is 1.42 bits per heavy atom. The molecule has 0 saturated heterocycles. The maximum Gasteiger partial charge on any atom is 0.261 e. The third-order valence-electron chi connectivity index (χ3n) is 3.80. The van der Waals surface area contributed by atoms with Gasteiger partial charge < -0.3 is 5.32 Å². The molecule has 0 atom stereocenters. The Labute approximate surface area is 111 Å². The average Bonchev–Trinajstić information content (AvgIpc) is 2.61. The molecule has 1 heterocycles. The summed E-state index contributed by atoms with van der Waals surface area (Å²) in [6.45, 7) is 5.27. The van der Waals surface area contributed by atoms with E-state index in [0.29, 0.717) is 27.8 Å². The van der Waals surface area contributed by atoms with Crippen molar-refractivity contribution < 1.29 is 14.4 Å². The Balaban J connectivity index is 2.88. The van der Waals surface area contributed by atoms with Crippen molar-refractivity contribution in [3.05, 3.63) is 33.4 Å². The van der Waals surface area contributed by atoms with Gasteiger partial charge in [0, 0.05) is 19.7 Å². The molecular formula is C14H16N2O3. The quantitative estimate of drug-likeness (QED) is 0.771. The average molecular weight is 260 g/mol.